The normalized spacial score (nSPS) is 16.8. The van der Waals surface area contributed by atoms with Gasteiger partial charge < -0.3 is 5.32 Å². The Kier molecular flexibility index (Phi) is 7.07. The summed E-state index contributed by atoms with van der Waals surface area (Å²) >= 11 is 0. The summed E-state index contributed by atoms with van der Waals surface area (Å²) in [6.07, 6.45) is 1.33. The predicted octanol–water partition coefficient (Wildman–Crippen LogP) is 4.65. The van der Waals surface area contributed by atoms with E-state index in [4.69, 9.17) is 5.10 Å². The summed E-state index contributed by atoms with van der Waals surface area (Å²) in [5.41, 5.74) is 3.97. The molecule has 8 heteroatoms. The Bertz CT molecular complexity index is 1180. The smallest absolute Gasteiger partial charge is 0.241 e. The molecule has 2 aromatic carbocycles. The Morgan fingerprint density at radius 2 is 1.88 bits per heavy atom. The van der Waals surface area contributed by atoms with Crippen LogP contribution < -0.4 is 5.32 Å². The molecular formula is C26H29F3N4O. The summed E-state index contributed by atoms with van der Waals surface area (Å²) in [5.74, 6) is -3.96. The van der Waals surface area contributed by atoms with Crippen molar-refractivity contribution in [2.75, 3.05) is 13.6 Å². The van der Waals surface area contributed by atoms with Gasteiger partial charge in [0.1, 0.15) is 6.04 Å². The second-order valence-electron chi connectivity index (χ2n) is 8.57. The summed E-state index contributed by atoms with van der Waals surface area (Å²) in [6, 6.07) is 11.0. The molecule has 1 unspecified atom stereocenters. The molecule has 4 rings (SSSR count). The van der Waals surface area contributed by atoms with Crippen LogP contribution in [0.3, 0.4) is 0 Å². The van der Waals surface area contributed by atoms with E-state index in [1.54, 1.807) is 7.05 Å². The van der Waals surface area contributed by atoms with E-state index in [2.05, 4.69) is 10.2 Å². The molecule has 3 aromatic rings. The van der Waals surface area contributed by atoms with E-state index in [1.165, 1.54) is 6.07 Å². The molecule has 2 heterocycles. The number of benzene rings is 2. The van der Waals surface area contributed by atoms with E-state index in [9.17, 15) is 18.0 Å². The van der Waals surface area contributed by atoms with Gasteiger partial charge in [-0.05, 0) is 43.9 Å². The zero-order valence-corrected chi connectivity index (χ0v) is 19.6. The molecule has 0 spiro atoms. The Hall–Kier alpha value is -3.13. The van der Waals surface area contributed by atoms with Crippen molar-refractivity contribution in [1.82, 2.24) is 20.0 Å². The lowest BCUT2D eigenvalue weighted by molar-refractivity contribution is -0.127. The van der Waals surface area contributed by atoms with Crippen molar-refractivity contribution in [3.63, 3.8) is 0 Å². The number of halogens is 3. The van der Waals surface area contributed by atoms with Gasteiger partial charge in [-0.25, -0.2) is 13.2 Å². The first-order valence-electron chi connectivity index (χ1n) is 11.6. The van der Waals surface area contributed by atoms with Crippen LogP contribution in [-0.4, -0.2) is 34.2 Å². The van der Waals surface area contributed by atoms with Crippen LogP contribution in [0.15, 0.2) is 42.5 Å². The highest BCUT2D eigenvalue weighted by Gasteiger charge is 2.39. The summed E-state index contributed by atoms with van der Waals surface area (Å²) in [4.78, 5) is 15.2. The second kappa shape index (κ2) is 10.0. The molecule has 0 saturated carbocycles. The largest absolute Gasteiger partial charge is 0.358 e. The summed E-state index contributed by atoms with van der Waals surface area (Å²) < 4.78 is 43.7. The number of rotatable bonds is 7. The number of aromatic nitrogens is 2. The molecule has 1 aromatic heterocycles. The number of amides is 1. The number of hydrogen-bond acceptors (Lipinski definition) is 3. The molecule has 0 fully saturated rings. The van der Waals surface area contributed by atoms with Crippen LogP contribution in [0, 0.1) is 24.4 Å². The van der Waals surface area contributed by atoms with Gasteiger partial charge >= 0.3 is 0 Å². The number of nitrogens with one attached hydrogen (secondary N) is 1. The molecule has 1 aliphatic heterocycles. The second-order valence-corrected chi connectivity index (χ2v) is 8.57. The van der Waals surface area contributed by atoms with E-state index in [1.807, 2.05) is 48.9 Å². The lowest BCUT2D eigenvalue weighted by Crippen LogP contribution is -2.45. The average Bonchev–Trinajstić information content (AvgIpc) is 3.19. The third-order valence-electron chi connectivity index (χ3n) is 6.67. The Labute approximate surface area is 197 Å². The molecule has 0 bridgehead atoms. The lowest BCUT2D eigenvalue weighted by Gasteiger charge is -2.41. The molecular weight excluding hydrogens is 441 g/mol. The van der Waals surface area contributed by atoms with E-state index < -0.39 is 23.5 Å². The minimum absolute atomic E-state index is 0.114. The van der Waals surface area contributed by atoms with Crippen molar-refractivity contribution in [1.29, 1.82) is 0 Å². The highest BCUT2D eigenvalue weighted by Crippen LogP contribution is 2.40. The fraction of sp³-hybridized carbons (Fsp3) is 0.385. The standard InChI is InChI=1S/C26H29F3N4O/c1-4-33-21-14-15-32(25(26(34)30-3)18-8-6-5-7-9-18)20(22(21)16(2)31-33)13-11-17-10-12-19(27)24(29)23(17)28/h5-10,12,20,25H,4,11,13-15H2,1-3H3,(H,30,34)/t20?,25-/m1/s1. The van der Waals surface area contributed by atoms with Crippen molar-refractivity contribution in [2.45, 2.75) is 51.7 Å². The number of hydrogen-bond donors (Lipinski definition) is 1. The van der Waals surface area contributed by atoms with Crippen LogP contribution >= 0.6 is 0 Å². The summed E-state index contributed by atoms with van der Waals surface area (Å²) in [7, 11) is 1.61. The number of carbonyl (C=O) groups excluding carboxylic acids is 1. The quantitative estimate of drug-likeness (QED) is 0.512. The van der Waals surface area contributed by atoms with Crippen molar-refractivity contribution in [2.24, 2.45) is 0 Å². The molecule has 180 valence electrons. The Morgan fingerprint density at radius 3 is 2.56 bits per heavy atom. The van der Waals surface area contributed by atoms with Crippen LogP contribution in [0.1, 0.15) is 53.5 Å². The first kappa shape index (κ1) is 24.0. The predicted molar refractivity (Wildman–Crippen MR) is 124 cm³/mol. The molecule has 1 aliphatic rings. The topological polar surface area (TPSA) is 50.2 Å². The maximum Gasteiger partial charge on any atom is 0.241 e. The highest BCUT2D eigenvalue weighted by molar-refractivity contribution is 5.83. The number of carbonyl (C=O) groups is 1. The van der Waals surface area contributed by atoms with Crippen molar-refractivity contribution in [3.05, 3.63) is 88.0 Å². The van der Waals surface area contributed by atoms with E-state index >= 15 is 0 Å². The molecule has 2 atom stereocenters. The van der Waals surface area contributed by atoms with Gasteiger partial charge in [-0.3, -0.25) is 14.4 Å². The monoisotopic (exact) mass is 470 g/mol. The first-order chi connectivity index (χ1) is 16.4. The molecule has 0 saturated heterocycles. The van der Waals surface area contributed by atoms with E-state index in [-0.39, 0.29) is 23.9 Å². The Balaban J connectivity index is 1.76. The van der Waals surface area contributed by atoms with Crippen molar-refractivity contribution < 1.29 is 18.0 Å². The number of aryl methyl sites for hydroxylation is 3. The fourth-order valence-electron chi connectivity index (χ4n) is 5.09. The van der Waals surface area contributed by atoms with Gasteiger partial charge in [-0.15, -0.1) is 0 Å². The Morgan fingerprint density at radius 1 is 1.15 bits per heavy atom. The number of fused-ring (bicyclic) bond motifs is 1. The van der Waals surface area contributed by atoms with Gasteiger partial charge in [0.25, 0.3) is 0 Å². The van der Waals surface area contributed by atoms with Crippen LogP contribution in [0.2, 0.25) is 0 Å². The van der Waals surface area contributed by atoms with Gasteiger partial charge in [0.2, 0.25) is 5.91 Å². The maximum atomic E-state index is 14.4. The zero-order chi connectivity index (χ0) is 24.4. The van der Waals surface area contributed by atoms with Gasteiger partial charge in [0.15, 0.2) is 17.5 Å². The third-order valence-corrected chi connectivity index (χ3v) is 6.67. The molecule has 5 nitrogen and oxygen atoms in total. The fourth-order valence-corrected chi connectivity index (χ4v) is 5.09. The minimum Gasteiger partial charge on any atom is -0.358 e. The lowest BCUT2D eigenvalue weighted by atomic mass is 9.88. The number of nitrogens with zero attached hydrogens (tertiary/aromatic N) is 3. The van der Waals surface area contributed by atoms with E-state index in [0.717, 1.165) is 41.5 Å². The molecule has 1 N–H and O–H groups in total. The SMILES string of the molecule is CCn1nc(C)c2c1CCN([C@@H](C(=O)NC)c1ccccc1)C2CCc1ccc(F)c(F)c1F. The zero-order valence-electron chi connectivity index (χ0n) is 19.6. The van der Waals surface area contributed by atoms with Crippen molar-refractivity contribution in [3.8, 4) is 0 Å². The van der Waals surface area contributed by atoms with Crippen molar-refractivity contribution >= 4 is 5.91 Å². The summed E-state index contributed by atoms with van der Waals surface area (Å²) in [6.45, 7) is 5.30. The first-order valence-corrected chi connectivity index (χ1v) is 11.6. The molecule has 0 aliphatic carbocycles. The van der Waals surface area contributed by atoms with Crippen LogP contribution in [0.25, 0.3) is 0 Å². The highest BCUT2D eigenvalue weighted by atomic mass is 19.2. The summed E-state index contributed by atoms with van der Waals surface area (Å²) in [5, 5.41) is 7.48. The van der Waals surface area contributed by atoms with Crippen LogP contribution in [0.4, 0.5) is 13.2 Å². The molecule has 34 heavy (non-hydrogen) atoms. The molecule has 1 amide bonds. The van der Waals surface area contributed by atoms with Gasteiger partial charge in [0, 0.05) is 43.9 Å². The number of likely N-dealkylation sites (N-methyl/N-ethyl adjacent to an activating group) is 1. The van der Waals surface area contributed by atoms with Crippen LogP contribution in [0.5, 0.6) is 0 Å². The maximum absolute atomic E-state index is 14.4. The van der Waals surface area contributed by atoms with E-state index in [0.29, 0.717) is 13.0 Å². The van der Waals surface area contributed by atoms with Gasteiger partial charge in [-0.1, -0.05) is 36.4 Å². The van der Waals surface area contributed by atoms with Gasteiger partial charge in [-0.2, -0.15) is 5.10 Å². The minimum atomic E-state index is -1.46. The third kappa shape index (κ3) is 4.34. The average molecular weight is 471 g/mol. The van der Waals surface area contributed by atoms with Crippen LogP contribution in [-0.2, 0) is 24.2 Å². The molecule has 0 radical (unpaired) electrons. The van der Waals surface area contributed by atoms with Gasteiger partial charge in [0.05, 0.1) is 5.69 Å².